The molecule has 2 atom stereocenters. The third-order valence-corrected chi connectivity index (χ3v) is 4.44. The van der Waals surface area contributed by atoms with Gasteiger partial charge >= 0.3 is 0 Å². The lowest BCUT2D eigenvalue weighted by Gasteiger charge is -2.29. The highest BCUT2D eigenvalue weighted by Crippen LogP contribution is 2.44. The third kappa shape index (κ3) is 2.38. The maximum Gasteiger partial charge on any atom is 0.265 e. The summed E-state index contributed by atoms with van der Waals surface area (Å²) >= 11 is 0. The predicted molar refractivity (Wildman–Crippen MR) is 73.8 cm³/mol. The topological polar surface area (TPSA) is 45.0 Å². The summed E-state index contributed by atoms with van der Waals surface area (Å²) in [6, 6.07) is 0.129. The number of ketones is 1. The number of hydrogen-bond acceptors (Lipinski definition) is 3. The van der Waals surface area contributed by atoms with Gasteiger partial charge < -0.3 is 4.74 Å². The number of nitrogens with zero attached hydrogens (tertiary/aromatic N) is 2. The smallest absolute Gasteiger partial charge is 0.265 e. The first-order valence-corrected chi connectivity index (χ1v) is 7.64. The van der Waals surface area contributed by atoms with Crippen LogP contribution in [0.25, 0.3) is 0 Å². The van der Waals surface area contributed by atoms with E-state index >= 15 is 0 Å². The Morgan fingerprint density at radius 1 is 1.42 bits per heavy atom. The van der Waals surface area contributed by atoms with E-state index in [1.165, 1.54) is 32.1 Å². The molecule has 2 fully saturated rings. The van der Waals surface area contributed by atoms with Gasteiger partial charge in [0.1, 0.15) is 0 Å². The van der Waals surface area contributed by atoms with E-state index in [0.717, 1.165) is 25.2 Å². The Balaban J connectivity index is 1.53. The number of epoxide rings is 1. The van der Waals surface area contributed by atoms with Crippen LogP contribution in [-0.2, 0) is 9.53 Å². The Kier molecular flexibility index (Phi) is 3.52. The first kappa shape index (κ1) is 13.0. The monoisotopic (exact) mass is 263 g/mol. The van der Waals surface area contributed by atoms with E-state index in [1.54, 1.807) is 0 Å². The normalized spacial score (nSPS) is 34.2. The number of ether oxygens (including phenoxy) is 1. The van der Waals surface area contributed by atoms with E-state index in [-0.39, 0.29) is 17.4 Å². The lowest BCUT2D eigenvalue weighted by Crippen LogP contribution is -2.58. The zero-order chi connectivity index (χ0) is 13.3. The molecule has 2 unspecified atom stereocenters. The Morgan fingerprint density at radius 2 is 2.21 bits per heavy atom. The van der Waals surface area contributed by atoms with E-state index in [2.05, 4.69) is 18.2 Å². The molecule has 3 aliphatic rings. The number of carbonyl (C=O) groups excluding carboxylic acids is 1. The maximum atomic E-state index is 11.7. The first-order chi connectivity index (χ1) is 9.27. The van der Waals surface area contributed by atoms with E-state index in [0.29, 0.717) is 6.42 Å². The minimum Gasteiger partial charge on any atom is -0.362 e. The number of fused-ring (bicyclic) bond motifs is 2. The molecule has 1 aliphatic carbocycles. The third-order valence-electron chi connectivity index (χ3n) is 4.44. The van der Waals surface area contributed by atoms with Crippen molar-refractivity contribution in [2.75, 3.05) is 6.61 Å². The quantitative estimate of drug-likeness (QED) is 0.419. The summed E-state index contributed by atoms with van der Waals surface area (Å²) in [4.78, 5) is 11.7. The van der Waals surface area contributed by atoms with Gasteiger partial charge in [-0.2, -0.15) is 0 Å². The van der Waals surface area contributed by atoms with Crippen molar-refractivity contribution < 1.29 is 14.2 Å². The highest BCUT2D eigenvalue weighted by Gasteiger charge is 2.68. The van der Waals surface area contributed by atoms with Crippen LogP contribution < -0.4 is 0 Å². The summed E-state index contributed by atoms with van der Waals surface area (Å²) in [5.41, 5.74) is 0.690. The molecule has 104 valence electrons. The number of carbonyl (C=O) groups is 1. The standard InChI is InChI=1S/C15H23N2O2/c1-2-3-4-5-6-7-10-17-14-13(16-17)12(18)8-9-15(14)11-19-15/h10,14H,2-9,11H2,1H3/q+1. The molecule has 0 aromatic carbocycles. The van der Waals surface area contributed by atoms with Gasteiger partial charge in [0.15, 0.2) is 17.6 Å². The molecule has 0 radical (unpaired) electrons. The van der Waals surface area contributed by atoms with Gasteiger partial charge in [-0.1, -0.05) is 37.3 Å². The molecule has 0 aromatic heterocycles. The highest BCUT2D eigenvalue weighted by molar-refractivity contribution is 6.43. The minimum atomic E-state index is -0.0658. The largest absolute Gasteiger partial charge is 0.362 e. The molecule has 1 saturated carbocycles. The van der Waals surface area contributed by atoms with E-state index in [9.17, 15) is 4.79 Å². The second kappa shape index (κ2) is 5.16. The van der Waals surface area contributed by atoms with Crippen LogP contribution in [0, 0.1) is 0 Å². The number of Topliss-reactive ketones (excluding diaryl/α,β-unsaturated/α-hetero) is 1. The molecule has 0 N–H and O–H groups in total. The summed E-state index contributed by atoms with van der Waals surface area (Å²) in [7, 11) is 0. The molecule has 1 saturated heterocycles. The lowest BCUT2D eigenvalue weighted by atomic mass is 9.80. The van der Waals surface area contributed by atoms with Crippen molar-refractivity contribution in [2.24, 2.45) is 5.10 Å². The predicted octanol–water partition coefficient (Wildman–Crippen LogP) is 2.30. The number of unbranched alkanes of at least 4 members (excludes halogenated alkanes) is 5. The summed E-state index contributed by atoms with van der Waals surface area (Å²) in [6.07, 6.45) is 11.2. The first-order valence-electron chi connectivity index (χ1n) is 7.64. The van der Waals surface area contributed by atoms with Crippen molar-refractivity contribution in [3.8, 4) is 0 Å². The molecule has 19 heavy (non-hydrogen) atoms. The molecule has 2 heterocycles. The fourth-order valence-electron chi connectivity index (χ4n) is 3.11. The summed E-state index contributed by atoms with van der Waals surface area (Å²) < 4.78 is 7.60. The van der Waals surface area contributed by atoms with Gasteiger partial charge in [0.25, 0.3) is 6.04 Å². The van der Waals surface area contributed by atoms with Crippen LogP contribution >= 0.6 is 0 Å². The molecule has 0 amide bonds. The zero-order valence-corrected chi connectivity index (χ0v) is 11.7. The lowest BCUT2D eigenvalue weighted by molar-refractivity contribution is -0.585. The number of hydrazone groups is 1. The molecule has 2 aliphatic heterocycles. The van der Waals surface area contributed by atoms with Crippen LogP contribution in [0.15, 0.2) is 5.10 Å². The van der Waals surface area contributed by atoms with Crippen molar-refractivity contribution >= 4 is 17.7 Å². The van der Waals surface area contributed by atoms with Gasteiger partial charge in [0, 0.05) is 17.9 Å². The SMILES string of the molecule is CCCCCCCC=[N+]1N=C2C(=O)CCC3(CO3)C21. The molecular weight excluding hydrogens is 240 g/mol. The van der Waals surface area contributed by atoms with Crippen LogP contribution in [0.5, 0.6) is 0 Å². The van der Waals surface area contributed by atoms with Gasteiger partial charge in [0.05, 0.1) is 6.61 Å². The van der Waals surface area contributed by atoms with Gasteiger partial charge in [-0.05, 0) is 12.8 Å². The van der Waals surface area contributed by atoms with Crippen LogP contribution in [0.2, 0.25) is 0 Å². The molecular formula is C15H23N2O2+. The second-order valence-corrected chi connectivity index (χ2v) is 5.93. The molecule has 4 nitrogen and oxygen atoms in total. The van der Waals surface area contributed by atoms with Crippen molar-refractivity contribution in [1.82, 2.24) is 0 Å². The van der Waals surface area contributed by atoms with E-state index < -0.39 is 0 Å². The van der Waals surface area contributed by atoms with Gasteiger partial charge in [0.2, 0.25) is 5.71 Å². The van der Waals surface area contributed by atoms with Gasteiger partial charge in [-0.15, -0.1) is 0 Å². The number of hydrogen-bond donors (Lipinski definition) is 0. The summed E-state index contributed by atoms with van der Waals surface area (Å²) in [5, 5.41) is 4.36. The number of rotatable bonds is 6. The zero-order valence-electron chi connectivity index (χ0n) is 11.7. The Bertz CT molecular complexity index is 435. The fraction of sp³-hybridized carbons (Fsp3) is 0.800. The van der Waals surface area contributed by atoms with Crippen LogP contribution in [-0.4, -0.2) is 40.6 Å². The van der Waals surface area contributed by atoms with E-state index in [4.69, 9.17) is 4.74 Å². The molecule has 1 spiro atoms. The Hall–Kier alpha value is -1.03. The van der Waals surface area contributed by atoms with E-state index in [1.807, 2.05) is 4.68 Å². The molecule has 3 rings (SSSR count). The fourth-order valence-corrected chi connectivity index (χ4v) is 3.11. The van der Waals surface area contributed by atoms with Gasteiger partial charge in [-0.3, -0.25) is 4.79 Å². The average molecular weight is 263 g/mol. The molecule has 4 heteroatoms. The highest BCUT2D eigenvalue weighted by atomic mass is 16.6. The average Bonchev–Trinajstić information content (AvgIpc) is 3.12. The van der Waals surface area contributed by atoms with Crippen molar-refractivity contribution in [1.29, 1.82) is 0 Å². The van der Waals surface area contributed by atoms with Gasteiger partial charge in [-0.25, -0.2) is 0 Å². The molecule has 0 bridgehead atoms. The molecule has 0 aromatic rings. The van der Waals surface area contributed by atoms with Crippen LogP contribution in [0.1, 0.15) is 58.3 Å². The summed E-state index contributed by atoms with van der Waals surface area (Å²) in [5.74, 6) is 0.221. The minimum absolute atomic E-state index is 0.0658. The maximum absolute atomic E-state index is 11.7. The summed E-state index contributed by atoms with van der Waals surface area (Å²) in [6.45, 7) is 3.03. The van der Waals surface area contributed by atoms with Crippen molar-refractivity contribution in [3.63, 3.8) is 0 Å². The van der Waals surface area contributed by atoms with Crippen LogP contribution in [0.4, 0.5) is 0 Å². The van der Waals surface area contributed by atoms with Crippen LogP contribution in [0.3, 0.4) is 0 Å². The van der Waals surface area contributed by atoms with Crippen molar-refractivity contribution in [2.45, 2.75) is 69.9 Å². The Morgan fingerprint density at radius 3 is 2.95 bits per heavy atom. The van der Waals surface area contributed by atoms with Crippen molar-refractivity contribution in [3.05, 3.63) is 0 Å². The Labute approximate surface area is 114 Å². The second-order valence-electron chi connectivity index (χ2n) is 5.93.